The molecule has 0 spiro atoms. The smallest absolute Gasteiger partial charge is 0.0827 e. The minimum atomic E-state index is -1.13. The molecular formula is C19H28O2S. The van der Waals surface area contributed by atoms with Crippen molar-refractivity contribution in [2.24, 2.45) is 5.41 Å². The molecule has 2 aliphatic carbocycles. The third-order valence-corrected chi connectivity index (χ3v) is 8.01. The van der Waals surface area contributed by atoms with E-state index in [0.717, 1.165) is 49.8 Å². The van der Waals surface area contributed by atoms with Gasteiger partial charge in [0, 0.05) is 4.90 Å². The third-order valence-electron chi connectivity index (χ3n) is 5.81. The highest BCUT2D eigenvalue weighted by Crippen LogP contribution is 2.56. The second kappa shape index (κ2) is 5.45. The first kappa shape index (κ1) is 16.2. The van der Waals surface area contributed by atoms with Crippen LogP contribution in [0.1, 0.15) is 64.4 Å². The molecule has 0 radical (unpaired) electrons. The quantitative estimate of drug-likeness (QED) is 0.898. The summed E-state index contributed by atoms with van der Waals surface area (Å²) in [7, 11) is -1.13. The van der Waals surface area contributed by atoms with Gasteiger partial charge in [0.1, 0.15) is 0 Å². The van der Waals surface area contributed by atoms with Crippen molar-refractivity contribution in [3.8, 4) is 0 Å². The van der Waals surface area contributed by atoms with Crippen LogP contribution in [0.25, 0.3) is 0 Å². The highest BCUT2D eigenvalue weighted by atomic mass is 32.2. The number of aliphatic hydroxyl groups is 1. The Balaban J connectivity index is 1.94. The van der Waals surface area contributed by atoms with Gasteiger partial charge in [0.2, 0.25) is 0 Å². The Morgan fingerprint density at radius 3 is 2.09 bits per heavy atom. The zero-order valence-electron chi connectivity index (χ0n) is 14.0. The van der Waals surface area contributed by atoms with E-state index >= 15 is 0 Å². The molecule has 0 unspecified atom stereocenters. The van der Waals surface area contributed by atoms with Gasteiger partial charge in [0.15, 0.2) is 0 Å². The predicted molar refractivity (Wildman–Crippen MR) is 91.4 cm³/mol. The molecule has 1 aromatic rings. The lowest BCUT2D eigenvalue weighted by Crippen LogP contribution is -2.63. The predicted octanol–water partition coefficient (Wildman–Crippen LogP) is 4.36. The standard InChI is InChI=1S/C19H28O2S/c1-15-6-8-16(9-7-15)22(21)19(12-5-13-19)18(20)11-4-10-17(2,3)14-18/h6-9,20H,4-5,10-14H2,1-3H3/t18-,22-/m0/s1. The zero-order chi connectivity index (χ0) is 16.0. The molecule has 2 nitrogen and oxygen atoms in total. The Morgan fingerprint density at radius 2 is 1.59 bits per heavy atom. The fourth-order valence-corrected chi connectivity index (χ4v) is 6.44. The summed E-state index contributed by atoms with van der Waals surface area (Å²) >= 11 is 0. The van der Waals surface area contributed by atoms with Gasteiger partial charge >= 0.3 is 0 Å². The topological polar surface area (TPSA) is 37.3 Å². The van der Waals surface area contributed by atoms with Crippen LogP contribution in [0.4, 0.5) is 0 Å². The van der Waals surface area contributed by atoms with Gasteiger partial charge < -0.3 is 5.11 Å². The molecule has 0 aliphatic heterocycles. The van der Waals surface area contributed by atoms with E-state index in [2.05, 4.69) is 13.8 Å². The number of hydrogen-bond acceptors (Lipinski definition) is 2. The molecule has 1 aromatic carbocycles. The van der Waals surface area contributed by atoms with E-state index in [4.69, 9.17) is 0 Å². The Morgan fingerprint density at radius 1 is 1.00 bits per heavy atom. The molecule has 122 valence electrons. The molecule has 2 aliphatic rings. The highest BCUT2D eigenvalue weighted by Gasteiger charge is 2.60. The van der Waals surface area contributed by atoms with Crippen LogP contribution in [-0.4, -0.2) is 19.7 Å². The molecule has 3 heteroatoms. The van der Waals surface area contributed by atoms with E-state index in [-0.39, 0.29) is 5.41 Å². The molecule has 0 saturated heterocycles. The minimum Gasteiger partial charge on any atom is -0.388 e. The number of benzene rings is 1. The summed E-state index contributed by atoms with van der Waals surface area (Å²) in [6.07, 6.45) is 6.63. The lowest BCUT2D eigenvalue weighted by molar-refractivity contribution is -0.0901. The Kier molecular flexibility index (Phi) is 4.01. The Hall–Kier alpha value is -0.670. The molecule has 2 atom stereocenters. The largest absolute Gasteiger partial charge is 0.388 e. The normalized spacial score (nSPS) is 31.3. The van der Waals surface area contributed by atoms with Crippen LogP contribution in [0.5, 0.6) is 0 Å². The summed E-state index contributed by atoms with van der Waals surface area (Å²) in [5.41, 5.74) is 0.552. The second-order valence-corrected chi connectivity index (χ2v) is 9.95. The summed E-state index contributed by atoms with van der Waals surface area (Å²) < 4.78 is 12.9. The van der Waals surface area contributed by atoms with Gasteiger partial charge in [-0.2, -0.15) is 0 Å². The zero-order valence-corrected chi connectivity index (χ0v) is 14.8. The monoisotopic (exact) mass is 320 g/mol. The van der Waals surface area contributed by atoms with Crippen molar-refractivity contribution in [1.82, 2.24) is 0 Å². The van der Waals surface area contributed by atoms with Crippen molar-refractivity contribution in [3.05, 3.63) is 29.8 Å². The van der Waals surface area contributed by atoms with E-state index in [1.54, 1.807) is 0 Å². The molecule has 3 rings (SSSR count). The van der Waals surface area contributed by atoms with Crippen LogP contribution in [0.2, 0.25) is 0 Å². The summed E-state index contributed by atoms with van der Waals surface area (Å²) in [6.45, 7) is 6.51. The number of rotatable bonds is 3. The highest BCUT2D eigenvalue weighted by molar-refractivity contribution is 7.86. The first-order chi connectivity index (χ1) is 10.3. The molecule has 0 bridgehead atoms. The molecule has 0 aromatic heterocycles. The summed E-state index contributed by atoms with van der Waals surface area (Å²) in [5, 5.41) is 11.5. The van der Waals surface area contributed by atoms with Crippen molar-refractivity contribution in [1.29, 1.82) is 0 Å². The maximum Gasteiger partial charge on any atom is 0.0827 e. The van der Waals surface area contributed by atoms with E-state index < -0.39 is 21.1 Å². The van der Waals surface area contributed by atoms with E-state index in [0.29, 0.717) is 0 Å². The lowest BCUT2D eigenvalue weighted by atomic mass is 9.60. The average molecular weight is 320 g/mol. The van der Waals surface area contributed by atoms with Gasteiger partial charge in [-0.05, 0) is 56.6 Å². The number of hydrogen-bond donors (Lipinski definition) is 1. The van der Waals surface area contributed by atoms with E-state index in [1.807, 2.05) is 31.2 Å². The van der Waals surface area contributed by atoms with Gasteiger partial charge in [-0.1, -0.05) is 44.4 Å². The van der Waals surface area contributed by atoms with Crippen molar-refractivity contribution >= 4 is 10.8 Å². The maximum absolute atomic E-state index is 13.3. The van der Waals surface area contributed by atoms with Crippen LogP contribution in [0.3, 0.4) is 0 Å². The van der Waals surface area contributed by atoms with Crippen LogP contribution in [-0.2, 0) is 10.8 Å². The fraction of sp³-hybridized carbons (Fsp3) is 0.684. The fourth-order valence-electron chi connectivity index (χ4n) is 4.43. The van der Waals surface area contributed by atoms with E-state index in [9.17, 15) is 9.32 Å². The van der Waals surface area contributed by atoms with Gasteiger partial charge in [0.25, 0.3) is 0 Å². The van der Waals surface area contributed by atoms with Crippen LogP contribution in [0.15, 0.2) is 29.2 Å². The lowest BCUT2D eigenvalue weighted by Gasteiger charge is -2.56. The van der Waals surface area contributed by atoms with Gasteiger partial charge in [0.05, 0.1) is 21.1 Å². The van der Waals surface area contributed by atoms with Crippen molar-refractivity contribution in [2.75, 3.05) is 0 Å². The van der Waals surface area contributed by atoms with E-state index in [1.165, 1.54) is 5.56 Å². The summed E-state index contributed by atoms with van der Waals surface area (Å²) in [5.74, 6) is 0. The summed E-state index contributed by atoms with van der Waals surface area (Å²) in [4.78, 5) is 0.877. The minimum absolute atomic E-state index is 0.146. The van der Waals surface area contributed by atoms with Crippen molar-refractivity contribution in [2.45, 2.75) is 81.0 Å². The molecular weight excluding hydrogens is 292 g/mol. The average Bonchev–Trinajstić information content (AvgIpc) is 2.36. The maximum atomic E-state index is 13.3. The van der Waals surface area contributed by atoms with Crippen LogP contribution < -0.4 is 0 Å². The SMILES string of the molecule is Cc1ccc([S@](=O)C2([C@]3(O)CCCC(C)(C)C3)CCC2)cc1. The van der Waals surface area contributed by atoms with Crippen molar-refractivity contribution in [3.63, 3.8) is 0 Å². The Labute approximate surface area is 136 Å². The van der Waals surface area contributed by atoms with Gasteiger partial charge in [-0.25, -0.2) is 0 Å². The first-order valence-corrected chi connectivity index (χ1v) is 9.64. The molecule has 1 N–H and O–H groups in total. The Bertz CT molecular complexity index is 572. The number of aryl methyl sites for hydroxylation is 1. The molecule has 22 heavy (non-hydrogen) atoms. The molecule has 2 fully saturated rings. The van der Waals surface area contributed by atoms with Gasteiger partial charge in [-0.15, -0.1) is 0 Å². The third kappa shape index (κ3) is 2.56. The summed E-state index contributed by atoms with van der Waals surface area (Å²) in [6, 6.07) is 7.99. The molecule has 2 saturated carbocycles. The van der Waals surface area contributed by atoms with Crippen LogP contribution in [0, 0.1) is 12.3 Å². The molecule has 0 amide bonds. The van der Waals surface area contributed by atoms with Gasteiger partial charge in [-0.3, -0.25) is 4.21 Å². The van der Waals surface area contributed by atoms with Crippen molar-refractivity contribution < 1.29 is 9.32 Å². The van der Waals surface area contributed by atoms with Crippen LogP contribution >= 0.6 is 0 Å². The molecule has 0 heterocycles. The second-order valence-electron chi connectivity index (χ2n) is 8.16. The first-order valence-electron chi connectivity index (χ1n) is 8.49.